The van der Waals surface area contributed by atoms with Crippen molar-refractivity contribution in [3.8, 4) is 0 Å². The second-order valence-electron chi connectivity index (χ2n) is 6.99. The first-order valence-corrected chi connectivity index (χ1v) is 11.1. The van der Waals surface area contributed by atoms with Gasteiger partial charge in [0, 0.05) is 23.1 Å². The van der Waals surface area contributed by atoms with Crippen molar-refractivity contribution in [2.75, 3.05) is 13.1 Å². The average Bonchev–Trinajstić information content (AvgIpc) is 2.98. The Morgan fingerprint density at radius 2 is 1.77 bits per heavy atom. The number of carbonyl (C=O) groups is 3. The normalized spacial score (nSPS) is 15.9. The molecule has 0 aliphatic carbocycles. The molecule has 0 spiro atoms. The summed E-state index contributed by atoms with van der Waals surface area (Å²) in [6.07, 6.45) is 0.583. The minimum Gasteiger partial charge on any atom is -0.356 e. The van der Waals surface area contributed by atoms with Crippen molar-refractivity contribution >= 4 is 51.0 Å². The number of nitrogens with one attached hydrogen (secondary N) is 2. The van der Waals surface area contributed by atoms with Crippen molar-refractivity contribution in [1.29, 1.82) is 0 Å². The van der Waals surface area contributed by atoms with Crippen LogP contribution in [0.2, 0.25) is 0 Å². The van der Waals surface area contributed by atoms with E-state index in [0.29, 0.717) is 25.1 Å². The SMILES string of the molecule is CCN1C(=O)C(CC(=O)NCCc2ccccc2)N(NC(=O)c2ccc(Br)cc2)C1=S. The standard InChI is InChI=1S/C22H23BrN4O3S/c1-2-26-21(30)18(14-19(28)24-13-12-15-6-4-3-5-7-15)27(22(26)31)25-20(29)16-8-10-17(23)11-9-16/h3-11,18H,2,12-14H2,1H3,(H,24,28)(H,25,29). The second kappa shape index (κ2) is 10.5. The topological polar surface area (TPSA) is 81.8 Å². The third-order valence-corrected chi connectivity index (χ3v) is 5.85. The van der Waals surface area contributed by atoms with Crippen molar-refractivity contribution in [3.63, 3.8) is 0 Å². The van der Waals surface area contributed by atoms with Crippen molar-refractivity contribution in [2.45, 2.75) is 25.8 Å². The van der Waals surface area contributed by atoms with Crippen molar-refractivity contribution in [2.24, 2.45) is 0 Å². The summed E-state index contributed by atoms with van der Waals surface area (Å²) in [4.78, 5) is 39.4. The molecule has 0 radical (unpaired) electrons. The molecule has 1 fully saturated rings. The van der Waals surface area contributed by atoms with Gasteiger partial charge in [-0.2, -0.15) is 0 Å². The Hall–Kier alpha value is -2.78. The molecular formula is C22H23BrN4O3S. The van der Waals surface area contributed by atoms with Gasteiger partial charge in [0.05, 0.1) is 6.42 Å². The van der Waals surface area contributed by atoms with Gasteiger partial charge in [0.1, 0.15) is 6.04 Å². The van der Waals surface area contributed by atoms with Gasteiger partial charge in [0.15, 0.2) is 5.11 Å². The van der Waals surface area contributed by atoms with Gasteiger partial charge in [-0.25, -0.2) is 5.01 Å². The first-order valence-electron chi connectivity index (χ1n) is 9.92. The summed E-state index contributed by atoms with van der Waals surface area (Å²) in [5.41, 5.74) is 4.22. The van der Waals surface area contributed by atoms with Gasteiger partial charge in [-0.05, 0) is 55.4 Å². The van der Waals surface area contributed by atoms with Gasteiger partial charge in [-0.15, -0.1) is 0 Å². The lowest BCUT2D eigenvalue weighted by Gasteiger charge is -2.24. The molecule has 162 valence electrons. The zero-order chi connectivity index (χ0) is 22.4. The van der Waals surface area contributed by atoms with Crippen LogP contribution in [0.3, 0.4) is 0 Å². The van der Waals surface area contributed by atoms with E-state index >= 15 is 0 Å². The Morgan fingerprint density at radius 3 is 2.42 bits per heavy atom. The number of halogens is 1. The molecule has 1 aliphatic rings. The summed E-state index contributed by atoms with van der Waals surface area (Å²) in [7, 11) is 0. The highest BCUT2D eigenvalue weighted by atomic mass is 79.9. The van der Waals surface area contributed by atoms with Crippen LogP contribution in [-0.4, -0.2) is 51.9 Å². The molecule has 1 unspecified atom stereocenters. The fourth-order valence-electron chi connectivity index (χ4n) is 3.26. The number of hydrazine groups is 1. The van der Waals surface area contributed by atoms with E-state index in [1.165, 1.54) is 9.91 Å². The highest BCUT2D eigenvalue weighted by Gasteiger charge is 2.43. The number of benzene rings is 2. The van der Waals surface area contributed by atoms with Gasteiger partial charge >= 0.3 is 0 Å². The number of nitrogens with zero attached hydrogens (tertiary/aromatic N) is 2. The molecule has 1 heterocycles. The smallest absolute Gasteiger partial charge is 0.269 e. The molecule has 3 amide bonds. The maximum absolute atomic E-state index is 12.8. The molecule has 1 saturated heterocycles. The average molecular weight is 503 g/mol. The molecule has 2 N–H and O–H groups in total. The molecule has 2 aromatic rings. The van der Waals surface area contributed by atoms with E-state index < -0.39 is 11.9 Å². The number of rotatable bonds is 8. The van der Waals surface area contributed by atoms with E-state index in [-0.39, 0.29) is 23.3 Å². The first kappa shape index (κ1) is 22.9. The van der Waals surface area contributed by atoms with Crippen molar-refractivity contribution < 1.29 is 14.4 Å². The van der Waals surface area contributed by atoms with Crippen LogP contribution in [0.1, 0.15) is 29.3 Å². The molecule has 3 rings (SSSR count). The summed E-state index contributed by atoms with van der Waals surface area (Å²) in [5, 5.41) is 4.34. The fraction of sp³-hybridized carbons (Fsp3) is 0.273. The fourth-order valence-corrected chi connectivity index (χ4v) is 3.91. The molecule has 31 heavy (non-hydrogen) atoms. The van der Waals surface area contributed by atoms with Crippen molar-refractivity contribution in [3.05, 3.63) is 70.2 Å². The zero-order valence-electron chi connectivity index (χ0n) is 17.0. The second-order valence-corrected chi connectivity index (χ2v) is 8.27. The molecule has 2 aromatic carbocycles. The van der Waals surface area contributed by atoms with Crippen LogP contribution in [0, 0.1) is 0 Å². The van der Waals surface area contributed by atoms with E-state index in [1.54, 1.807) is 31.2 Å². The summed E-state index contributed by atoms with van der Waals surface area (Å²) < 4.78 is 0.845. The number of hydrogen-bond acceptors (Lipinski definition) is 4. The van der Waals surface area contributed by atoms with Crippen LogP contribution < -0.4 is 10.7 Å². The van der Waals surface area contributed by atoms with E-state index in [4.69, 9.17) is 12.2 Å². The molecular weight excluding hydrogens is 480 g/mol. The summed E-state index contributed by atoms with van der Waals surface area (Å²) in [6.45, 7) is 2.60. The lowest BCUT2D eigenvalue weighted by atomic mass is 10.1. The molecule has 0 aromatic heterocycles. The Morgan fingerprint density at radius 1 is 1.10 bits per heavy atom. The molecule has 0 bridgehead atoms. The third kappa shape index (κ3) is 5.68. The highest BCUT2D eigenvalue weighted by molar-refractivity contribution is 9.10. The van der Waals surface area contributed by atoms with Crippen molar-refractivity contribution in [1.82, 2.24) is 20.7 Å². The lowest BCUT2D eigenvalue weighted by molar-refractivity contribution is -0.132. The number of thiocarbonyl (C=S) groups is 1. The van der Waals surface area contributed by atoms with Gasteiger partial charge < -0.3 is 5.32 Å². The third-order valence-electron chi connectivity index (χ3n) is 4.90. The summed E-state index contributed by atoms with van der Waals surface area (Å²) >= 11 is 8.72. The van der Waals surface area contributed by atoms with E-state index in [9.17, 15) is 14.4 Å². The molecule has 0 saturated carbocycles. The minimum atomic E-state index is -0.886. The van der Waals surface area contributed by atoms with Gasteiger partial charge in [0.25, 0.3) is 11.8 Å². The van der Waals surface area contributed by atoms with E-state index in [1.807, 2.05) is 30.3 Å². The van der Waals surface area contributed by atoms with E-state index in [0.717, 1.165) is 10.0 Å². The van der Waals surface area contributed by atoms with Gasteiger partial charge in [0.2, 0.25) is 5.91 Å². The van der Waals surface area contributed by atoms with Crippen LogP contribution in [0.25, 0.3) is 0 Å². The van der Waals surface area contributed by atoms with Gasteiger partial charge in [-0.1, -0.05) is 46.3 Å². The number of carbonyl (C=O) groups excluding carboxylic acids is 3. The predicted octanol–water partition coefficient (Wildman–Crippen LogP) is 2.66. The predicted molar refractivity (Wildman–Crippen MR) is 125 cm³/mol. The largest absolute Gasteiger partial charge is 0.356 e. The number of likely N-dealkylation sites (N-methyl/N-ethyl adjacent to an activating group) is 1. The van der Waals surface area contributed by atoms with Crippen LogP contribution >= 0.6 is 28.1 Å². The van der Waals surface area contributed by atoms with Crippen LogP contribution in [0.4, 0.5) is 0 Å². The Balaban J connectivity index is 1.64. The van der Waals surface area contributed by atoms with Gasteiger partial charge in [-0.3, -0.25) is 24.7 Å². The lowest BCUT2D eigenvalue weighted by Crippen LogP contribution is -2.50. The molecule has 7 nitrogen and oxygen atoms in total. The Kier molecular flexibility index (Phi) is 7.75. The summed E-state index contributed by atoms with van der Waals surface area (Å²) in [5.74, 6) is -0.991. The molecule has 1 atom stereocenters. The monoisotopic (exact) mass is 502 g/mol. The van der Waals surface area contributed by atoms with Crippen LogP contribution in [0.15, 0.2) is 59.1 Å². The van der Waals surface area contributed by atoms with E-state index in [2.05, 4.69) is 26.7 Å². The van der Waals surface area contributed by atoms with Crippen LogP contribution in [-0.2, 0) is 16.0 Å². The molecule has 1 aliphatic heterocycles. The van der Waals surface area contributed by atoms with Crippen LogP contribution in [0.5, 0.6) is 0 Å². The zero-order valence-corrected chi connectivity index (χ0v) is 19.4. The minimum absolute atomic E-state index is 0.106. The maximum Gasteiger partial charge on any atom is 0.269 e. The maximum atomic E-state index is 12.8. The Labute approximate surface area is 194 Å². The number of hydrogen-bond donors (Lipinski definition) is 2. The number of amides is 3. The quantitative estimate of drug-likeness (QED) is 0.542. The first-order chi connectivity index (χ1) is 14.9. The Bertz CT molecular complexity index is 968. The molecule has 9 heteroatoms. The highest BCUT2D eigenvalue weighted by Crippen LogP contribution is 2.19. The summed E-state index contributed by atoms with van der Waals surface area (Å²) in [6, 6.07) is 15.7.